The van der Waals surface area contributed by atoms with Crippen LogP contribution in [-0.4, -0.2) is 11.9 Å². The molecule has 0 bridgehead atoms. The summed E-state index contributed by atoms with van der Waals surface area (Å²) in [5, 5.41) is 0. The third-order valence-electron chi connectivity index (χ3n) is 3.08. The summed E-state index contributed by atoms with van der Waals surface area (Å²) in [4.78, 5) is 23.0. The first-order valence-electron chi connectivity index (χ1n) is 4.28. The van der Waals surface area contributed by atoms with Gasteiger partial charge in [-0.25, -0.2) is 0 Å². The molecule has 0 N–H and O–H groups in total. The monoisotopic (exact) mass is 194 g/mol. The van der Waals surface area contributed by atoms with Crippen LogP contribution in [0.1, 0.15) is 13.8 Å². The van der Waals surface area contributed by atoms with E-state index in [1.165, 1.54) is 12.5 Å². The summed E-state index contributed by atoms with van der Waals surface area (Å²) < 4.78 is 9.47. The highest BCUT2D eigenvalue weighted by atomic mass is 16.5. The Morgan fingerprint density at radius 1 is 0.929 bits per heavy atom. The third-order valence-corrected chi connectivity index (χ3v) is 3.08. The van der Waals surface area contributed by atoms with Crippen LogP contribution in [0.25, 0.3) is 0 Å². The Kier molecular flexibility index (Phi) is 1.58. The average molecular weight is 194 g/mol. The molecule has 0 fully saturated rings. The summed E-state index contributed by atoms with van der Waals surface area (Å²) in [6, 6.07) is 0. The number of hydrogen-bond acceptors (Lipinski definition) is 4. The van der Waals surface area contributed by atoms with Crippen molar-refractivity contribution in [2.45, 2.75) is 13.8 Å². The molecule has 0 aromatic rings. The smallest absolute Gasteiger partial charge is 0.322 e. The van der Waals surface area contributed by atoms with E-state index >= 15 is 0 Å². The molecule has 0 saturated carbocycles. The van der Waals surface area contributed by atoms with Crippen molar-refractivity contribution in [1.29, 1.82) is 0 Å². The average Bonchev–Trinajstić information content (AvgIpc) is 2.63. The first-order chi connectivity index (χ1) is 6.51. The van der Waals surface area contributed by atoms with E-state index in [9.17, 15) is 9.59 Å². The molecule has 0 aromatic heterocycles. The Morgan fingerprint density at radius 3 is 1.50 bits per heavy atom. The molecule has 2 atom stereocenters. The summed E-state index contributed by atoms with van der Waals surface area (Å²) >= 11 is 0. The van der Waals surface area contributed by atoms with Crippen LogP contribution in [0.5, 0.6) is 0 Å². The standard InChI is InChI=1S/C10H10O4/c1-9(3-5-13-7(9)11)10(2)4-6-14-8(10)12/h3-6H,1-2H3. The zero-order chi connectivity index (χ0) is 10.4. The Balaban J connectivity index is 2.48. The molecular formula is C10H10O4. The second-order valence-corrected chi connectivity index (χ2v) is 3.82. The Morgan fingerprint density at radius 2 is 1.29 bits per heavy atom. The van der Waals surface area contributed by atoms with E-state index in [-0.39, 0.29) is 0 Å². The SMILES string of the molecule is CC1(C2(C)C=COC2=O)C=COC1=O. The van der Waals surface area contributed by atoms with E-state index in [2.05, 4.69) is 0 Å². The molecule has 0 spiro atoms. The van der Waals surface area contributed by atoms with Gasteiger partial charge in [-0.1, -0.05) is 0 Å². The highest BCUT2D eigenvalue weighted by Gasteiger charge is 2.57. The van der Waals surface area contributed by atoms with E-state index in [1.807, 2.05) is 0 Å². The molecule has 4 heteroatoms. The molecule has 4 nitrogen and oxygen atoms in total. The number of carbonyl (C=O) groups excluding carboxylic acids is 2. The van der Waals surface area contributed by atoms with Crippen molar-refractivity contribution in [2.75, 3.05) is 0 Å². The van der Waals surface area contributed by atoms with Gasteiger partial charge in [-0.15, -0.1) is 0 Å². The van der Waals surface area contributed by atoms with E-state index in [1.54, 1.807) is 26.0 Å². The van der Waals surface area contributed by atoms with Crippen LogP contribution in [-0.2, 0) is 19.1 Å². The van der Waals surface area contributed by atoms with E-state index < -0.39 is 22.8 Å². The molecule has 2 aliphatic heterocycles. The van der Waals surface area contributed by atoms with Crippen LogP contribution in [0.2, 0.25) is 0 Å². The number of ether oxygens (including phenoxy) is 2. The van der Waals surface area contributed by atoms with Gasteiger partial charge in [-0.2, -0.15) is 0 Å². The van der Waals surface area contributed by atoms with Gasteiger partial charge >= 0.3 is 11.9 Å². The minimum absolute atomic E-state index is 0.427. The van der Waals surface area contributed by atoms with Crippen molar-refractivity contribution < 1.29 is 19.1 Å². The van der Waals surface area contributed by atoms with E-state index in [0.717, 1.165) is 0 Å². The fourth-order valence-electron chi connectivity index (χ4n) is 1.61. The minimum atomic E-state index is -0.961. The van der Waals surface area contributed by atoms with Gasteiger partial charge in [0.05, 0.1) is 12.5 Å². The van der Waals surface area contributed by atoms with Gasteiger partial charge in [0.2, 0.25) is 0 Å². The number of rotatable bonds is 1. The van der Waals surface area contributed by atoms with Crippen LogP contribution in [0, 0.1) is 10.8 Å². The maximum atomic E-state index is 11.5. The second kappa shape index (κ2) is 2.47. The van der Waals surface area contributed by atoms with Gasteiger partial charge in [0.15, 0.2) is 0 Å². The lowest BCUT2D eigenvalue weighted by atomic mass is 9.66. The van der Waals surface area contributed by atoms with Crippen LogP contribution >= 0.6 is 0 Å². The Labute approximate surface area is 81.2 Å². The summed E-state index contributed by atoms with van der Waals surface area (Å²) in [5.74, 6) is -0.855. The molecule has 14 heavy (non-hydrogen) atoms. The minimum Gasteiger partial charge on any atom is -0.434 e. The lowest BCUT2D eigenvalue weighted by Crippen LogP contribution is -2.43. The molecule has 2 heterocycles. The fraction of sp³-hybridized carbons (Fsp3) is 0.400. The molecule has 0 amide bonds. The van der Waals surface area contributed by atoms with Crippen LogP contribution in [0.3, 0.4) is 0 Å². The molecular weight excluding hydrogens is 184 g/mol. The molecule has 0 radical (unpaired) electrons. The van der Waals surface area contributed by atoms with Gasteiger partial charge in [-0.3, -0.25) is 9.59 Å². The van der Waals surface area contributed by atoms with Gasteiger partial charge in [0.1, 0.15) is 10.8 Å². The van der Waals surface area contributed by atoms with Gasteiger partial charge in [0, 0.05) is 0 Å². The zero-order valence-corrected chi connectivity index (χ0v) is 7.94. The van der Waals surface area contributed by atoms with Crippen molar-refractivity contribution in [3.8, 4) is 0 Å². The molecule has 0 saturated heterocycles. The van der Waals surface area contributed by atoms with Crippen molar-refractivity contribution in [3.05, 3.63) is 24.7 Å². The third kappa shape index (κ3) is 0.828. The number of cyclic esters (lactones) is 2. The van der Waals surface area contributed by atoms with Crippen molar-refractivity contribution in [1.82, 2.24) is 0 Å². The molecule has 2 aliphatic rings. The number of hydrogen-bond donors (Lipinski definition) is 0. The van der Waals surface area contributed by atoms with Gasteiger partial charge < -0.3 is 9.47 Å². The molecule has 0 aromatic carbocycles. The van der Waals surface area contributed by atoms with Crippen LogP contribution in [0.4, 0.5) is 0 Å². The topological polar surface area (TPSA) is 52.6 Å². The lowest BCUT2D eigenvalue weighted by molar-refractivity contribution is -0.158. The van der Waals surface area contributed by atoms with Crippen LogP contribution in [0.15, 0.2) is 24.7 Å². The van der Waals surface area contributed by atoms with E-state index in [4.69, 9.17) is 9.47 Å². The number of carbonyl (C=O) groups is 2. The second-order valence-electron chi connectivity index (χ2n) is 3.82. The van der Waals surface area contributed by atoms with Crippen molar-refractivity contribution in [2.24, 2.45) is 10.8 Å². The predicted molar refractivity (Wildman–Crippen MR) is 46.7 cm³/mol. The summed E-state index contributed by atoms with van der Waals surface area (Å²) in [6.07, 6.45) is 5.80. The first-order valence-corrected chi connectivity index (χ1v) is 4.28. The normalized spacial score (nSPS) is 40.1. The predicted octanol–water partition coefficient (Wildman–Crippen LogP) is 1.14. The van der Waals surface area contributed by atoms with Crippen LogP contribution < -0.4 is 0 Å². The fourth-order valence-corrected chi connectivity index (χ4v) is 1.61. The maximum Gasteiger partial charge on any atom is 0.322 e. The van der Waals surface area contributed by atoms with Crippen molar-refractivity contribution in [3.63, 3.8) is 0 Å². The van der Waals surface area contributed by atoms with Gasteiger partial charge in [-0.05, 0) is 26.0 Å². The summed E-state index contributed by atoms with van der Waals surface area (Å²) in [6.45, 7) is 3.32. The maximum absolute atomic E-state index is 11.5. The van der Waals surface area contributed by atoms with Gasteiger partial charge in [0.25, 0.3) is 0 Å². The molecule has 0 aliphatic carbocycles. The zero-order valence-electron chi connectivity index (χ0n) is 7.94. The number of esters is 2. The summed E-state index contributed by atoms with van der Waals surface area (Å²) in [7, 11) is 0. The quantitative estimate of drug-likeness (QED) is 0.587. The molecule has 2 rings (SSSR count). The Hall–Kier alpha value is -1.58. The summed E-state index contributed by atoms with van der Waals surface area (Å²) in [5.41, 5.74) is -1.92. The Bertz CT molecular complexity index is 332. The van der Waals surface area contributed by atoms with E-state index in [0.29, 0.717) is 0 Å². The highest BCUT2D eigenvalue weighted by molar-refractivity contribution is 5.93. The van der Waals surface area contributed by atoms with Crippen molar-refractivity contribution >= 4 is 11.9 Å². The lowest BCUT2D eigenvalue weighted by Gasteiger charge is -2.31. The first kappa shape index (κ1) is 8.99. The highest BCUT2D eigenvalue weighted by Crippen LogP contribution is 2.48. The largest absolute Gasteiger partial charge is 0.434 e. The molecule has 74 valence electrons. The molecule has 2 unspecified atom stereocenters.